The minimum absolute atomic E-state index is 0.102. The van der Waals surface area contributed by atoms with E-state index < -0.39 is 0 Å². The molecule has 1 N–H and O–H groups in total. The van der Waals surface area contributed by atoms with Crippen LogP contribution in [0.25, 0.3) is 11.0 Å². The van der Waals surface area contributed by atoms with E-state index in [9.17, 15) is 4.79 Å². The van der Waals surface area contributed by atoms with Gasteiger partial charge in [0.05, 0.1) is 12.7 Å². The number of rotatable bonds is 3. The average Bonchev–Trinajstić information content (AvgIpc) is 2.87. The number of nitrogens with one attached hydrogen (secondary N) is 1. The number of aryl methyl sites for hydroxylation is 2. The van der Waals surface area contributed by atoms with Gasteiger partial charge in [0.2, 0.25) is 5.91 Å². The molecule has 0 saturated carbocycles. The molecule has 21 heavy (non-hydrogen) atoms. The van der Waals surface area contributed by atoms with E-state index in [4.69, 9.17) is 4.42 Å². The number of carbonyl (C=O) groups excluding carboxylic acids is 1. The number of pyridine rings is 1. The Hall–Kier alpha value is -2.62. The largest absolute Gasteiger partial charge is 0.464 e. The zero-order chi connectivity index (χ0) is 14.8. The molecule has 4 nitrogen and oxygen atoms in total. The molecule has 0 bridgehead atoms. The summed E-state index contributed by atoms with van der Waals surface area (Å²) in [6.45, 7) is 4.07. The van der Waals surface area contributed by atoms with Crippen LogP contribution in [0, 0.1) is 13.8 Å². The normalized spacial score (nSPS) is 10.8. The fourth-order valence-corrected chi connectivity index (χ4v) is 2.32. The second-order valence-corrected chi connectivity index (χ2v) is 5.09. The Kier molecular flexibility index (Phi) is 3.44. The highest BCUT2D eigenvalue weighted by atomic mass is 16.3. The fourth-order valence-electron chi connectivity index (χ4n) is 2.32. The van der Waals surface area contributed by atoms with Crippen molar-refractivity contribution in [2.75, 3.05) is 5.32 Å². The topological polar surface area (TPSA) is 55.1 Å². The number of carbonyl (C=O) groups is 1. The highest BCUT2D eigenvalue weighted by molar-refractivity contribution is 5.95. The monoisotopic (exact) mass is 280 g/mol. The number of hydrogen-bond donors (Lipinski definition) is 1. The Morgan fingerprint density at radius 2 is 2.10 bits per heavy atom. The molecule has 0 aliphatic rings. The molecule has 0 saturated heterocycles. The summed E-state index contributed by atoms with van der Waals surface area (Å²) in [7, 11) is 0. The summed E-state index contributed by atoms with van der Waals surface area (Å²) in [6.07, 6.45) is 3.58. The maximum atomic E-state index is 12.1. The minimum Gasteiger partial charge on any atom is -0.464 e. The minimum atomic E-state index is -0.102. The molecular weight excluding hydrogens is 264 g/mol. The van der Waals surface area contributed by atoms with E-state index in [0.717, 1.165) is 22.1 Å². The Labute approximate surface area is 122 Å². The zero-order valence-corrected chi connectivity index (χ0v) is 12.0. The van der Waals surface area contributed by atoms with E-state index in [1.54, 1.807) is 18.5 Å². The van der Waals surface area contributed by atoms with Gasteiger partial charge in [-0.1, -0.05) is 18.2 Å². The molecule has 2 heterocycles. The molecule has 1 amide bonds. The third-order valence-corrected chi connectivity index (χ3v) is 3.63. The van der Waals surface area contributed by atoms with E-state index in [1.807, 2.05) is 38.1 Å². The van der Waals surface area contributed by atoms with Gasteiger partial charge >= 0.3 is 0 Å². The number of hydrogen-bond acceptors (Lipinski definition) is 3. The van der Waals surface area contributed by atoms with Crippen LogP contribution in [0.1, 0.15) is 16.7 Å². The van der Waals surface area contributed by atoms with Crippen molar-refractivity contribution >= 4 is 22.7 Å². The Morgan fingerprint density at radius 3 is 2.86 bits per heavy atom. The Morgan fingerprint density at radius 1 is 1.24 bits per heavy atom. The van der Waals surface area contributed by atoms with Crippen LogP contribution in [0.15, 0.2) is 47.2 Å². The summed E-state index contributed by atoms with van der Waals surface area (Å²) in [5, 5.41) is 3.77. The summed E-state index contributed by atoms with van der Waals surface area (Å²) >= 11 is 0. The van der Waals surface area contributed by atoms with Gasteiger partial charge in [-0.05, 0) is 37.1 Å². The van der Waals surface area contributed by atoms with Crippen LogP contribution >= 0.6 is 0 Å². The molecule has 0 aliphatic heterocycles. The number of benzene rings is 1. The second kappa shape index (κ2) is 5.40. The van der Waals surface area contributed by atoms with Crippen molar-refractivity contribution < 1.29 is 9.21 Å². The molecular formula is C17H16N2O2. The first kappa shape index (κ1) is 13.4. The number of nitrogens with zero attached hydrogens (tertiary/aromatic N) is 1. The van der Waals surface area contributed by atoms with Gasteiger partial charge in [0.25, 0.3) is 0 Å². The van der Waals surface area contributed by atoms with Gasteiger partial charge < -0.3 is 9.73 Å². The van der Waals surface area contributed by atoms with Gasteiger partial charge in [-0.2, -0.15) is 0 Å². The fraction of sp³-hybridized carbons (Fsp3) is 0.176. The summed E-state index contributed by atoms with van der Waals surface area (Å²) in [5.74, 6) is 0.456. The SMILES string of the molecule is Cc1ccc2c(CC(=O)Nc3ccccn3)coc2c1C. The van der Waals surface area contributed by atoms with E-state index >= 15 is 0 Å². The molecule has 0 spiro atoms. The van der Waals surface area contributed by atoms with Crippen molar-refractivity contribution in [1.82, 2.24) is 4.98 Å². The predicted octanol–water partition coefficient (Wildman–Crippen LogP) is 3.63. The summed E-state index contributed by atoms with van der Waals surface area (Å²) in [4.78, 5) is 16.2. The average molecular weight is 280 g/mol. The number of furan rings is 1. The van der Waals surface area contributed by atoms with Gasteiger partial charge in [0, 0.05) is 17.1 Å². The second-order valence-electron chi connectivity index (χ2n) is 5.09. The van der Waals surface area contributed by atoms with Crippen LogP contribution in [-0.2, 0) is 11.2 Å². The summed E-state index contributed by atoms with van der Waals surface area (Å²) in [6, 6.07) is 9.46. The van der Waals surface area contributed by atoms with Gasteiger partial charge in [-0.25, -0.2) is 4.98 Å². The van der Waals surface area contributed by atoms with Crippen molar-refractivity contribution in [1.29, 1.82) is 0 Å². The molecule has 4 heteroatoms. The van der Waals surface area contributed by atoms with Gasteiger partial charge in [-0.15, -0.1) is 0 Å². The van der Waals surface area contributed by atoms with Crippen molar-refractivity contribution in [2.45, 2.75) is 20.3 Å². The molecule has 0 atom stereocenters. The lowest BCUT2D eigenvalue weighted by Gasteiger charge is -2.03. The predicted molar refractivity (Wildman–Crippen MR) is 82.3 cm³/mol. The van der Waals surface area contributed by atoms with Gasteiger partial charge in [0.15, 0.2) is 0 Å². The number of aromatic nitrogens is 1. The maximum Gasteiger partial charge on any atom is 0.230 e. The maximum absolute atomic E-state index is 12.1. The highest BCUT2D eigenvalue weighted by Gasteiger charge is 2.13. The van der Waals surface area contributed by atoms with E-state index in [1.165, 1.54) is 5.56 Å². The molecule has 0 aliphatic carbocycles. The zero-order valence-electron chi connectivity index (χ0n) is 12.0. The number of amides is 1. The van der Waals surface area contributed by atoms with Gasteiger partial charge in [0.1, 0.15) is 11.4 Å². The van der Waals surface area contributed by atoms with Gasteiger partial charge in [-0.3, -0.25) is 4.79 Å². The van der Waals surface area contributed by atoms with Crippen molar-refractivity contribution in [3.8, 4) is 0 Å². The molecule has 106 valence electrons. The molecule has 0 radical (unpaired) electrons. The number of anilines is 1. The van der Waals surface area contributed by atoms with Crippen LogP contribution in [0.4, 0.5) is 5.82 Å². The van der Waals surface area contributed by atoms with E-state index in [0.29, 0.717) is 5.82 Å². The molecule has 3 rings (SSSR count). The smallest absolute Gasteiger partial charge is 0.230 e. The van der Waals surface area contributed by atoms with Crippen LogP contribution in [0.5, 0.6) is 0 Å². The van der Waals surface area contributed by atoms with Crippen molar-refractivity contribution in [3.05, 3.63) is 59.5 Å². The first-order chi connectivity index (χ1) is 10.1. The van der Waals surface area contributed by atoms with E-state index in [-0.39, 0.29) is 12.3 Å². The molecule has 0 unspecified atom stereocenters. The van der Waals surface area contributed by atoms with Crippen LogP contribution in [0.3, 0.4) is 0 Å². The molecule has 1 aromatic carbocycles. The Balaban J connectivity index is 1.82. The third kappa shape index (κ3) is 2.65. The summed E-state index contributed by atoms with van der Waals surface area (Å²) < 4.78 is 5.62. The summed E-state index contributed by atoms with van der Waals surface area (Å²) in [5.41, 5.74) is 4.04. The van der Waals surface area contributed by atoms with E-state index in [2.05, 4.69) is 10.3 Å². The lowest BCUT2D eigenvalue weighted by Crippen LogP contribution is -2.14. The molecule has 3 aromatic rings. The third-order valence-electron chi connectivity index (χ3n) is 3.63. The van der Waals surface area contributed by atoms with Crippen LogP contribution in [-0.4, -0.2) is 10.9 Å². The Bertz CT molecular complexity index is 791. The van der Waals surface area contributed by atoms with Crippen molar-refractivity contribution in [2.24, 2.45) is 0 Å². The molecule has 0 fully saturated rings. The van der Waals surface area contributed by atoms with Crippen LogP contribution in [0.2, 0.25) is 0 Å². The first-order valence-corrected chi connectivity index (χ1v) is 6.82. The van der Waals surface area contributed by atoms with Crippen LogP contribution < -0.4 is 5.32 Å². The standard InChI is InChI=1S/C17H16N2O2/c1-11-6-7-14-13(10-21-17(14)12(11)2)9-16(20)19-15-5-3-4-8-18-15/h3-8,10H,9H2,1-2H3,(H,18,19,20). The molecule has 2 aromatic heterocycles. The highest BCUT2D eigenvalue weighted by Crippen LogP contribution is 2.26. The van der Waals surface area contributed by atoms with Crippen molar-refractivity contribution in [3.63, 3.8) is 0 Å². The lowest BCUT2D eigenvalue weighted by atomic mass is 10.0. The lowest BCUT2D eigenvalue weighted by molar-refractivity contribution is -0.115. The quantitative estimate of drug-likeness (QED) is 0.797. The first-order valence-electron chi connectivity index (χ1n) is 6.82. The number of fused-ring (bicyclic) bond motifs is 1.